The van der Waals surface area contributed by atoms with Gasteiger partial charge in [0.15, 0.2) is 0 Å². The predicted octanol–water partition coefficient (Wildman–Crippen LogP) is 0.909. The first-order valence-electron chi connectivity index (χ1n) is 4.19. The van der Waals surface area contributed by atoms with Gasteiger partial charge in [0.1, 0.15) is 0 Å². The normalized spacial score (nSPS) is 9.86. The summed E-state index contributed by atoms with van der Waals surface area (Å²) < 4.78 is 17.7. The van der Waals surface area contributed by atoms with Crippen LogP contribution >= 0.6 is 0 Å². The molecule has 2 N–H and O–H groups in total. The lowest BCUT2D eigenvalue weighted by Crippen LogP contribution is -2.09. The summed E-state index contributed by atoms with van der Waals surface area (Å²) in [6.45, 7) is 1.96. The fourth-order valence-corrected chi connectivity index (χ4v) is 1.00. The first-order valence-corrected chi connectivity index (χ1v) is 4.19. The summed E-state index contributed by atoms with van der Waals surface area (Å²) in [5.41, 5.74) is 5.88. The molecule has 76 valence electrons. The van der Waals surface area contributed by atoms with E-state index in [1.165, 1.54) is 12.3 Å². The number of halogens is 1. The van der Waals surface area contributed by atoms with Gasteiger partial charge in [0.2, 0.25) is 5.95 Å². The molecule has 0 fully saturated rings. The Bertz CT molecular complexity index is 342. The van der Waals surface area contributed by atoms with Crippen molar-refractivity contribution in [1.29, 1.82) is 0 Å². The minimum Gasteiger partial charge on any atom is -0.466 e. The number of hydrogen-bond donors (Lipinski definition) is 1. The van der Waals surface area contributed by atoms with Crippen LogP contribution in [0, 0.1) is 5.95 Å². The molecule has 0 saturated heterocycles. The Morgan fingerprint density at radius 2 is 2.43 bits per heavy atom. The maximum absolute atomic E-state index is 13.0. The van der Waals surface area contributed by atoms with Crippen LogP contribution in [-0.4, -0.2) is 17.6 Å². The highest BCUT2D eigenvalue weighted by Crippen LogP contribution is 2.10. The van der Waals surface area contributed by atoms with Crippen molar-refractivity contribution in [3.05, 3.63) is 23.8 Å². The Morgan fingerprint density at radius 1 is 1.71 bits per heavy atom. The molecule has 0 radical (unpaired) electrons. The van der Waals surface area contributed by atoms with Gasteiger partial charge in [-0.3, -0.25) is 4.79 Å². The fourth-order valence-electron chi connectivity index (χ4n) is 1.00. The molecule has 0 spiro atoms. The fraction of sp³-hybridized carbons (Fsp3) is 0.333. The van der Waals surface area contributed by atoms with Gasteiger partial charge in [-0.1, -0.05) is 0 Å². The Hall–Kier alpha value is -1.65. The van der Waals surface area contributed by atoms with Crippen molar-refractivity contribution >= 4 is 11.7 Å². The van der Waals surface area contributed by atoms with Gasteiger partial charge in [-0.15, -0.1) is 0 Å². The maximum atomic E-state index is 13.0. The minimum absolute atomic E-state index is 0.141. The summed E-state index contributed by atoms with van der Waals surface area (Å²) in [5.74, 6) is -1.17. The maximum Gasteiger partial charge on any atom is 0.310 e. The van der Waals surface area contributed by atoms with Crippen LogP contribution in [0.5, 0.6) is 0 Å². The Balaban J connectivity index is 2.75. The van der Waals surface area contributed by atoms with Crippen molar-refractivity contribution in [2.24, 2.45) is 0 Å². The number of pyridine rings is 1. The van der Waals surface area contributed by atoms with E-state index in [4.69, 9.17) is 5.73 Å². The third-order valence-corrected chi connectivity index (χ3v) is 1.57. The summed E-state index contributed by atoms with van der Waals surface area (Å²) in [6, 6.07) is 1.37. The summed E-state index contributed by atoms with van der Waals surface area (Å²) in [5, 5.41) is 0. The lowest BCUT2D eigenvalue weighted by Gasteiger charge is -2.03. The molecule has 0 aliphatic carbocycles. The van der Waals surface area contributed by atoms with Gasteiger partial charge >= 0.3 is 5.97 Å². The van der Waals surface area contributed by atoms with Gasteiger partial charge in [-0.25, -0.2) is 4.98 Å². The molecule has 1 aromatic rings. The third-order valence-electron chi connectivity index (χ3n) is 1.57. The molecule has 0 unspecified atom stereocenters. The van der Waals surface area contributed by atoms with Gasteiger partial charge in [0, 0.05) is 5.56 Å². The standard InChI is InChI=1S/C9H11FN2O2/c1-2-14-8(13)4-6-3-7(11)5-12-9(6)10/h3,5H,2,4,11H2,1H3. The van der Waals surface area contributed by atoms with E-state index in [9.17, 15) is 9.18 Å². The van der Waals surface area contributed by atoms with E-state index in [0.717, 1.165) is 0 Å². The van der Waals surface area contributed by atoms with Gasteiger partial charge in [-0.05, 0) is 13.0 Å². The number of hydrogen-bond acceptors (Lipinski definition) is 4. The van der Waals surface area contributed by atoms with Gasteiger partial charge in [0.25, 0.3) is 0 Å². The van der Waals surface area contributed by atoms with Crippen molar-refractivity contribution in [3.63, 3.8) is 0 Å². The van der Waals surface area contributed by atoms with E-state index in [1.54, 1.807) is 6.92 Å². The number of nitrogen functional groups attached to an aromatic ring is 1. The molecular formula is C9H11FN2O2. The summed E-state index contributed by atoms with van der Waals surface area (Å²) in [7, 11) is 0. The van der Waals surface area contributed by atoms with E-state index in [1.807, 2.05) is 0 Å². The smallest absolute Gasteiger partial charge is 0.310 e. The molecule has 0 atom stereocenters. The molecule has 0 saturated carbocycles. The molecule has 0 aliphatic rings. The molecular weight excluding hydrogens is 187 g/mol. The number of anilines is 1. The summed E-state index contributed by atoms with van der Waals surface area (Å²) in [6.07, 6.45) is 1.06. The summed E-state index contributed by atoms with van der Waals surface area (Å²) >= 11 is 0. The Morgan fingerprint density at radius 3 is 3.07 bits per heavy atom. The van der Waals surface area contributed by atoms with Crippen molar-refractivity contribution in [3.8, 4) is 0 Å². The molecule has 5 heteroatoms. The zero-order valence-electron chi connectivity index (χ0n) is 7.79. The second-order valence-corrected chi connectivity index (χ2v) is 2.70. The molecule has 0 bridgehead atoms. The van der Waals surface area contributed by atoms with E-state index in [0.29, 0.717) is 5.69 Å². The van der Waals surface area contributed by atoms with Crippen molar-refractivity contribution in [2.75, 3.05) is 12.3 Å². The Kier molecular flexibility index (Phi) is 3.39. The number of carbonyl (C=O) groups is 1. The van der Waals surface area contributed by atoms with Crippen LogP contribution < -0.4 is 5.73 Å². The molecule has 0 aliphatic heterocycles. The monoisotopic (exact) mass is 198 g/mol. The topological polar surface area (TPSA) is 65.2 Å². The number of ether oxygens (including phenoxy) is 1. The number of esters is 1. The molecule has 0 amide bonds. The van der Waals surface area contributed by atoms with Crippen LogP contribution in [0.2, 0.25) is 0 Å². The van der Waals surface area contributed by atoms with Crippen LogP contribution in [0.4, 0.5) is 10.1 Å². The van der Waals surface area contributed by atoms with Crippen molar-refractivity contribution in [1.82, 2.24) is 4.98 Å². The second-order valence-electron chi connectivity index (χ2n) is 2.70. The lowest BCUT2D eigenvalue weighted by atomic mass is 10.2. The van der Waals surface area contributed by atoms with Crippen LogP contribution in [0.25, 0.3) is 0 Å². The first kappa shape index (κ1) is 10.4. The number of nitrogens with zero attached hydrogens (tertiary/aromatic N) is 1. The van der Waals surface area contributed by atoms with E-state index < -0.39 is 11.9 Å². The van der Waals surface area contributed by atoms with Crippen LogP contribution in [0.15, 0.2) is 12.3 Å². The average molecular weight is 198 g/mol. The van der Waals surface area contributed by atoms with Crippen LogP contribution in [0.1, 0.15) is 12.5 Å². The average Bonchev–Trinajstić information content (AvgIpc) is 2.12. The van der Waals surface area contributed by atoms with Gasteiger partial charge < -0.3 is 10.5 Å². The molecule has 4 nitrogen and oxygen atoms in total. The molecule has 0 aromatic carbocycles. The SMILES string of the molecule is CCOC(=O)Cc1cc(N)cnc1F. The minimum atomic E-state index is -0.688. The van der Waals surface area contributed by atoms with Gasteiger partial charge in [0.05, 0.1) is 24.9 Å². The zero-order valence-corrected chi connectivity index (χ0v) is 7.79. The second kappa shape index (κ2) is 4.55. The quantitative estimate of drug-likeness (QED) is 0.579. The number of aromatic nitrogens is 1. The van der Waals surface area contributed by atoms with E-state index in [-0.39, 0.29) is 18.6 Å². The molecule has 14 heavy (non-hydrogen) atoms. The highest BCUT2D eigenvalue weighted by Gasteiger charge is 2.09. The number of nitrogens with two attached hydrogens (primary N) is 1. The van der Waals surface area contributed by atoms with Gasteiger partial charge in [-0.2, -0.15) is 4.39 Å². The van der Waals surface area contributed by atoms with Crippen LogP contribution in [-0.2, 0) is 16.0 Å². The predicted molar refractivity (Wildman–Crippen MR) is 48.9 cm³/mol. The lowest BCUT2D eigenvalue weighted by molar-refractivity contribution is -0.142. The first-order chi connectivity index (χ1) is 6.63. The molecule has 1 aromatic heterocycles. The molecule has 1 rings (SSSR count). The van der Waals surface area contributed by atoms with Crippen LogP contribution in [0.3, 0.4) is 0 Å². The highest BCUT2D eigenvalue weighted by molar-refractivity contribution is 5.72. The molecule has 1 heterocycles. The number of rotatable bonds is 3. The third kappa shape index (κ3) is 2.69. The van der Waals surface area contributed by atoms with E-state index >= 15 is 0 Å². The number of carbonyl (C=O) groups excluding carboxylic acids is 1. The Labute approximate surface area is 80.9 Å². The highest BCUT2D eigenvalue weighted by atomic mass is 19.1. The van der Waals surface area contributed by atoms with Crippen molar-refractivity contribution in [2.45, 2.75) is 13.3 Å². The van der Waals surface area contributed by atoms with E-state index in [2.05, 4.69) is 9.72 Å². The van der Waals surface area contributed by atoms with Crippen molar-refractivity contribution < 1.29 is 13.9 Å². The largest absolute Gasteiger partial charge is 0.466 e. The summed E-state index contributed by atoms with van der Waals surface area (Å²) in [4.78, 5) is 14.4. The zero-order chi connectivity index (χ0) is 10.6.